The van der Waals surface area contributed by atoms with Gasteiger partial charge < -0.3 is 10.2 Å². The van der Waals surface area contributed by atoms with Crippen molar-refractivity contribution in [2.45, 2.75) is 18.8 Å². The van der Waals surface area contributed by atoms with E-state index in [1.807, 2.05) is 0 Å². The Balaban J connectivity index is 2.28. The van der Waals surface area contributed by atoms with Crippen LogP contribution in [0.25, 0.3) is 0 Å². The first-order chi connectivity index (χ1) is 8.58. The Morgan fingerprint density at radius 2 is 1.89 bits per heavy atom. The van der Waals surface area contributed by atoms with E-state index in [2.05, 4.69) is 11.8 Å². The van der Waals surface area contributed by atoms with Crippen molar-refractivity contribution < 1.29 is 19.8 Å². The van der Waals surface area contributed by atoms with E-state index >= 15 is 0 Å². The van der Waals surface area contributed by atoms with E-state index < -0.39 is 17.9 Å². The van der Waals surface area contributed by atoms with Gasteiger partial charge in [-0.25, -0.2) is 0 Å². The van der Waals surface area contributed by atoms with E-state index in [0.29, 0.717) is 11.5 Å². The van der Waals surface area contributed by atoms with Crippen molar-refractivity contribution in [1.82, 2.24) is 0 Å². The van der Waals surface area contributed by atoms with Crippen molar-refractivity contribution in [2.75, 3.05) is 0 Å². The predicted octanol–water partition coefficient (Wildman–Crippen LogP) is 1.70. The maximum absolute atomic E-state index is 10.9. The van der Waals surface area contributed by atoms with E-state index in [-0.39, 0.29) is 5.56 Å². The molecule has 0 spiro atoms. The minimum atomic E-state index is -1.53. The summed E-state index contributed by atoms with van der Waals surface area (Å²) in [6.07, 6.45) is 2.22. The molecule has 0 heterocycles. The second-order valence-electron chi connectivity index (χ2n) is 4.28. The highest BCUT2D eigenvalue weighted by atomic mass is 16.4. The largest absolute Gasteiger partial charge is 0.480 e. The smallest absolute Gasteiger partial charge is 0.322 e. The lowest BCUT2D eigenvalue weighted by molar-refractivity contribution is -0.150. The summed E-state index contributed by atoms with van der Waals surface area (Å²) in [7, 11) is 0. The van der Waals surface area contributed by atoms with Gasteiger partial charge in [0.05, 0.1) is 0 Å². The van der Waals surface area contributed by atoms with Crippen LogP contribution in [0.4, 0.5) is 0 Å². The average molecular weight is 244 g/mol. The Labute approximate surface area is 104 Å². The van der Waals surface area contributed by atoms with Crippen LogP contribution >= 0.6 is 0 Å². The topological polar surface area (TPSA) is 74.6 Å². The van der Waals surface area contributed by atoms with E-state index in [9.17, 15) is 9.59 Å². The molecule has 4 heteroatoms. The van der Waals surface area contributed by atoms with Crippen molar-refractivity contribution in [1.29, 1.82) is 0 Å². The summed E-state index contributed by atoms with van der Waals surface area (Å²) in [6.45, 7) is 0. The quantitative estimate of drug-likeness (QED) is 0.627. The number of carboxylic acids is 2. The summed E-state index contributed by atoms with van der Waals surface area (Å²) in [4.78, 5) is 21.8. The van der Waals surface area contributed by atoms with Crippen LogP contribution in [0.5, 0.6) is 0 Å². The molecule has 0 aliphatic heterocycles. The molecule has 1 aromatic carbocycles. The molecular weight excluding hydrogens is 232 g/mol. The minimum absolute atomic E-state index is 0.248. The van der Waals surface area contributed by atoms with Gasteiger partial charge in [0.2, 0.25) is 0 Å². The van der Waals surface area contributed by atoms with E-state index in [1.165, 1.54) is 12.1 Å². The standard InChI is InChI=1S/C14H12O4/c15-13(16)12(14(17)18)11-3-1-2-10(8-11)7-6-9-4-5-9/h1-3,8-9,12H,4-5H2,(H,15,16)(H,17,18). The second-order valence-corrected chi connectivity index (χ2v) is 4.28. The summed E-state index contributed by atoms with van der Waals surface area (Å²) in [5.74, 6) is 2.18. The van der Waals surface area contributed by atoms with Crippen LogP contribution in [0, 0.1) is 17.8 Å². The third kappa shape index (κ3) is 2.89. The molecule has 1 saturated carbocycles. The third-order valence-corrected chi connectivity index (χ3v) is 2.71. The fourth-order valence-corrected chi connectivity index (χ4v) is 1.60. The van der Waals surface area contributed by atoms with Crippen molar-refractivity contribution >= 4 is 11.9 Å². The Hall–Kier alpha value is -2.28. The summed E-state index contributed by atoms with van der Waals surface area (Å²) >= 11 is 0. The molecule has 2 N–H and O–H groups in total. The number of hydrogen-bond donors (Lipinski definition) is 2. The van der Waals surface area contributed by atoms with Gasteiger partial charge in [-0.3, -0.25) is 9.59 Å². The molecule has 0 radical (unpaired) electrons. The number of carbonyl (C=O) groups is 2. The molecule has 0 aromatic heterocycles. The predicted molar refractivity (Wildman–Crippen MR) is 64.1 cm³/mol. The Kier molecular flexibility index (Phi) is 3.33. The molecule has 1 aliphatic carbocycles. The number of benzene rings is 1. The van der Waals surface area contributed by atoms with E-state index in [1.54, 1.807) is 12.1 Å². The highest BCUT2D eigenvalue weighted by Crippen LogP contribution is 2.27. The lowest BCUT2D eigenvalue weighted by Gasteiger charge is -2.07. The molecule has 4 nitrogen and oxygen atoms in total. The van der Waals surface area contributed by atoms with Crippen LogP contribution in [0.2, 0.25) is 0 Å². The lowest BCUT2D eigenvalue weighted by Crippen LogP contribution is -2.21. The number of rotatable bonds is 3. The maximum atomic E-state index is 10.9. The van der Waals surface area contributed by atoms with Crippen LogP contribution in [0.15, 0.2) is 24.3 Å². The van der Waals surface area contributed by atoms with Gasteiger partial charge in [0.25, 0.3) is 0 Å². The molecule has 0 amide bonds. The molecule has 0 unspecified atom stereocenters. The molecule has 18 heavy (non-hydrogen) atoms. The van der Waals surface area contributed by atoms with Gasteiger partial charge in [0, 0.05) is 11.5 Å². The van der Waals surface area contributed by atoms with Gasteiger partial charge in [-0.2, -0.15) is 0 Å². The average Bonchev–Trinajstić information content (AvgIpc) is 3.09. The van der Waals surface area contributed by atoms with Crippen LogP contribution < -0.4 is 0 Å². The first kappa shape index (κ1) is 12.2. The lowest BCUT2D eigenvalue weighted by atomic mass is 9.97. The molecule has 0 saturated heterocycles. The molecule has 1 fully saturated rings. The molecular formula is C14H12O4. The third-order valence-electron chi connectivity index (χ3n) is 2.71. The molecule has 92 valence electrons. The summed E-state index contributed by atoms with van der Waals surface area (Å²) < 4.78 is 0. The monoisotopic (exact) mass is 244 g/mol. The Bertz CT molecular complexity index is 532. The first-order valence-corrected chi connectivity index (χ1v) is 5.65. The molecule has 0 atom stereocenters. The zero-order chi connectivity index (χ0) is 13.1. The normalized spacial score (nSPS) is 13.8. The van der Waals surface area contributed by atoms with E-state index in [4.69, 9.17) is 10.2 Å². The Morgan fingerprint density at radius 3 is 2.44 bits per heavy atom. The van der Waals surface area contributed by atoms with Gasteiger partial charge in [0.1, 0.15) is 0 Å². The number of carboxylic acid groups (broad SMARTS) is 2. The fourth-order valence-electron chi connectivity index (χ4n) is 1.60. The van der Waals surface area contributed by atoms with Crippen LogP contribution in [-0.4, -0.2) is 22.2 Å². The highest BCUT2D eigenvalue weighted by molar-refractivity contribution is 5.99. The van der Waals surface area contributed by atoms with Crippen molar-refractivity contribution in [3.05, 3.63) is 35.4 Å². The molecule has 1 aliphatic rings. The van der Waals surface area contributed by atoms with Crippen molar-refractivity contribution in [3.8, 4) is 11.8 Å². The first-order valence-electron chi connectivity index (χ1n) is 5.65. The minimum Gasteiger partial charge on any atom is -0.480 e. The van der Waals surface area contributed by atoms with Crippen molar-refractivity contribution in [2.24, 2.45) is 5.92 Å². The van der Waals surface area contributed by atoms with Crippen LogP contribution in [-0.2, 0) is 9.59 Å². The van der Waals surface area contributed by atoms with E-state index in [0.717, 1.165) is 12.8 Å². The van der Waals surface area contributed by atoms with Gasteiger partial charge in [-0.05, 0) is 30.5 Å². The number of aliphatic carboxylic acids is 2. The zero-order valence-electron chi connectivity index (χ0n) is 9.59. The van der Waals surface area contributed by atoms with Crippen LogP contribution in [0.1, 0.15) is 29.9 Å². The van der Waals surface area contributed by atoms with Gasteiger partial charge in [-0.15, -0.1) is 0 Å². The highest BCUT2D eigenvalue weighted by Gasteiger charge is 2.27. The fraction of sp³-hybridized carbons (Fsp3) is 0.286. The SMILES string of the molecule is O=C(O)C(C(=O)O)c1cccc(C#CC2CC2)c1. The summed E-state index contributed by atoms with van der Waals surface area (Å²) in [6, 6.07) is 6.41. The number of hydrogen-bond acceptors (Lipinski definition) is 2. The van der Waals surface area contributed by atoms with Gasteiger partial charge in [-0.1, -0.05) is 24.0 Å². The summed E-state index contributed by atoms with van der Waals surface area (Å²) in [5, 5.41) is 17.8. The van der Waals surface area contributed by atoms with Crippen molar-refractivity contribution in [3.63, 3.8) is 0 Å². The maximum Gasteiger partial charge on any atom is 0.322 e. The van der Waals surface area contributed by atoms with Gasteiger partial charge >= 0.3 is 11.9 Å². The molecule has 2 rings (SSSR count). The zero-order valence-corrected chi connectivity index (χ0v) is 9.59. The molecule has 1 aromatic rings. The van der Waals surface area contributed by atoms with Gasteiger partial charge in [0.15, 0.2) is 5.92 Å². The second kappa shape index (κ2) is 4.92. The Morgan fingerprint density at radius 1 is 1.22 bits per heavy atom. The molecule has 0 bridgehead atoms. The summed E-state index contributed by atoms with van der Waals surface area (Å²) in [5.41, 5.74) is 0.907. The van der Waals surface area contributed by atoms with Crippen LogP contribution in [0.3, 0.4) is 0 Å².